The topological polar surface area (TPSA) is 62.7 Å². The quantitative estimate of drug-likeness (QED) is 0.761. The third kappa shape index (κ3) is 4.17. The summed E-state index contributed by atoms with van der Waals surface area (Å²) in [5.74, 6) is 0.630. The summed E-state index contributed by atoms with van der Waals surface area (Å²) in [5, 5.41) is 0. The number of likely N-dealkylation sites (tertiary alicyclic amines) is 1. The number of carbonyl (C=O) groups is 2. The molecule has 0 radical (unpaired) electrons. The van der Waals surface area contributed by atoms with E-state index in [-0.39, 0.29) is 18.2 Å². The maximum atomic E-state index is 12.8. The summed E-state index contributed by atoms with van der Waals surface area (Å²) in [7, 11) is 0. The molecule has 0 aromatic carbocycles. The molecule has 0 unspecified atom stereocenters. The lowest BCUT2D eigenvalue weighted by Crippen LogP contribution is -2.43. The number of amides is 2. The molecule has 26 heavy (non-hydrogen) atoms. The van der Waals surface area contributed by atoms with Crippen molar-refractivity contribution in [2.45, 2.75) is 77.0 Å². The van der Waals surface area contributed by atoms with E-state index in [2.05, 4.69) is 4.98 Å². The minimum Gasteiger partial charge on any atom is -0.443 e. The van der Waals surface area contributed by atoms with Gasteiger partial charge in [-0.25, -0.2) is 9.78 Å². The van der Waals surface area contributed by atoms with Crippen LogP contribution in [-0.2, 0) is 9.53 Å². The lowest BCUT2D eigenvalue weighted by atomic mass is 10.1. The highest BCUT2D eigenvalue weighted by molar-refractivity contribution is 5.87. The van der Waals surface area contributed by atoms with E-state index < -0.39 is 5.60 Å². The van der Waals surface area contributed by atoms with Crippen molar-refractivity contribution >= 4 is 18.3 Å². The number of hydrogen-bond acceptors (Lipinski definition) is 4. The molecule has 1 aromatic heterocycles. The highest BCUT2D eigenvalue weighted by atomic mass is 16.6. The van der Waals surface area contributed by atoms with E-state index >= 15 is 0 Å². The molecule has 1 saturated carbocycles. The van der Waals surface area contributed by atoms with E-state index in [1.165, 1.54) is 0 Å². The second-order valence-electron chi connectivity index (χ2n) is 8.24. The smallest absolute Gasteiger partial charge is 0.416 e. The summed E-state index contributed by atoms with van der Waals surface area (Å²) in [5.41, 5.74) is 0.483. The molecule has 1 aliphatic heterocycles. The lowest BCUT2D eigenvalue weighted by Gasteiger charge is -2.31. The fraction of sp³-hybridized carbons (Fsp3) is 0.650. The summed E-state index contributed by atoms with van der Waals surface area (Å²) in [6.07, 6.45) is 8.55. The highest BCUT2D eigenvalue weighted by Crippen LogP contribution is 2.33. The van der Waals surface area contributed by atoms with Crippen LogP contribution >= 0.6 is 0 Å². The molecule has 6 nitrogen and oxygen atoms in total. The third-order valence-corrected chi connectivity index (χ3v) is 5.11. The number of aromatic nitrogens is 1. The third-order valence-electron chi connectivity index (χ3n) is 5.11. The van der Waals surface area contributed by atoms with Gasteiger partial charge in [0.15, 0.2) is 0 Å². The first-order chi connectivity index (χ1) is 12.4. The van der Waals surface area contributed by atoms with E-state index in [1.54, 1.807) is 11.1 Å². The van der Waals surface area contributed by atoms with Gasteiger partial charge in [0, 0.05) is 18.8 Å². The van der Waals surface area contributed by atoms with Crippen LogP contribution in [0.2, 0.25) is 0 Å². The van der Waals surface area contributed by atoms with Gasteiger partial charge in [-0.3, -0.25) is 9.69 Å². The van der Waals surface area contributed by atoms with Crippen LogP contribution in [0.15, 0.2) is 18.3 Å². The Labute approximate surface area is 155 Å². The Hall–Kier alpha value is -2.11. The van der Waals surface area contributed by atoms with Crippen molar-refractivity contribution in [3.05, 3.63) is 23.9 Å². The molecule has 6 heteroatoms. The average molecular weight is 359 g/mol. The van der Waals surface area contributed by atoms with Crippen molar-refractivity contribution in [1.82, 2.24) is 9.88 Å². The summed E-state index contributed by atoms with van der Waals surface area (Å²) >= 11 is 0. The summed E-state index contributed by atoms with van der Waals surface area (Å²) in [6.45, 7) is 6.43. The van der Waals surface area contributed by atoms with Crippen molar-refractivity contribution in [3.8, 4) is 0 Å². The second kappa shape index (κ2) is 7.64. The van der Waals surface area contributed by atoms with E-state index in [1.807, 2.05) is 37.8 Å². The Morgan fingerprint density at radius 2 is 1.96 bits per heavy atom. The molecular formula is C20H29N3O3. The van der Waals surface area contributed by atoms with Crippen LogP contribution in [0.4, 0.5) is 10.6 Å². The van der Waals surface area contributed by atoms with Gasteiger partial charge in [0.25, 0.3) is 0 Å². The molecule has 1 aliphatic carbocycles. The highest BCUT2D eigenvalue weighted by Gasteiger charge is 2.33. The van der Waals surface area contributed by atoms with Gasteiger partial charge in [-0.1, -0.05) is 18.9 Å². The van der Waals surface area contributed by atoms with Gasteiger partial charge < -0.3 is 9.64 Å². The predicted octanol–water partition coefficient (Wildman–Crippen LogP) is 4.06. The van der Waals surface area contributed by atoms with Gasteiger partial charge in [-0.05, 0) is 58.1 Å². The molecule has 2 heterocycles. The molecule has 2 amide bonds. The minimum atomic E-state index is -0.539. The van der Waals surface area contributed by atoms with E-state index in [4.69, 9.17) is 4.74 Å². The zero-order valence-corrected chi connectivity index (χ0v) is 16.0. The normalized spacial score (nSPS) is 21.0. The molecule has 1 atom stereocenters. The number of rotatable bonds is 4. The van der Waals surface area contributed by atoms with Crippen LogP contribution in [0.5, 0.6) is 0 Å². The van der Waals surface area contributed by atoms with Crippen molar-refractivity contribution in [1.29, 1.82) is 0 Å². The van der Waals surface area contributed by atoms with E-state index in [0.717, 1.165) is 57.0 Å². The van der Waals surface area contributed by atoms with Crippen LogP contribution in [0.3, 0.4) is 0 Å². The molecule has 142 valence electrons. The van der Waals surface area contributed by atoms with Gasteiger partial charge >= 0.3 is 6.09 Å². The number of nitrogens with zero attached hydrogens (tertiary/aromatic N) is 3. The molecule has 1 aromatic rings. The Kier molecular flexibility index (Phi) is 5.49. The van der Waals surface area contributed by atoms with Crippen LogP contribution in [0.25, 0.3) is 0 Å². The molecule has 3 rings (SSSR count). The van der Waals surface area contributed by atoms with Crippen LogP contribution < -0.4 is 4.90 Å². The zero-order valence-electron chi connectivity index (χ0n) is 16.0. The number of ether oxygens (including phenoxy) is 1. The number of anilines is 1. The van der Waals surface area contributed by atoms with Crippen LogP contribution in [0.1, 0.15) is 70.9 Å². The predicted molar refractivity (Wildman–Crippen MR) is 100.0 cm³/mol. The second-order valence-corrected chi connectivity index (χ2v) is 8.24. The lowest BCUT2D eigenvalue weighted by molar-refractivity contribution is -0.118. The minimum absolute atomic E-state index is 0.0931. The van der Waals surface area contributed by atoms with Gasteiger partial charge in [0.05, 0.1) is 6.04 Å². The van der Waals surface area contributed by atoms with Gasteiger partial charge in [0.1, 0.15) is 11.4 Å². The van der Waals surface area contributed by atoms with Crippen molar-refractivity contribution in [2.75, 3.05) is 11.4 Å². The summed E-state index contributed by atoms with van der Waals surface area (Å²) < 4.78 is 5.62. The molecule has 1 saturated heterocycles. The van der Waals surface area contributed by atoms with Crippen molar-refractivity contribution < 1.29 is 14.3 Å². The standard InChI is InChI=1S/C20H29N3O3/c1-20(2,3)26-19(25)23(16-7-4-5-8-16)18-11-10-15(13-21-18)17-9-6-12-22(17)14-24/h10-11,13-14,16-17H,4-9,12H2,1-3H3/t17-/m0/s1. The van der Waals surface area contributed by atoms with Crippen molar-refractivity contribution in [3.63, 3.8) is 0 Å². The maximum Gasteiger partial charge on any atom is 0.416 e. The number of pyridine rings is 1. The van der Waals surface area contributed by atoms with Crippen LogP contribution in [-0.4, -0.2) is 40.6 Å². The monoisotopic (exact) mass is 359 g/mol. The van der Waals surface area contributed by atoms with E-state index in [0.29, 0.717) is 5.82 Å². The Morgan fingerprint density at radius 3 is 2.54 bits per heavy atom. The largest absolute Gasteiger partial charge is 0.443 e. The first-order valence-corrected chi connectivity index (χ1v) is 9.58. The number of hydrogen-bond donors (Lipinski definition) is 0. The Balaban J connectivity index is 1.82. The first-order valence-electron chi connectivity index (χ1n) is 9.58. The maximum absolute atomic E-state index is 12.8. The molecule has 2 fully saturated rings. The fourth-order valence-electron chi connectivity index (χ4n) is 3.91. The molecule has 2 aliphatic rings. The van der Waals surface area contributed by atoms with Gasteiger partial charge in [0.2, 0.25) is 6.41 Å². The molecular weight excluding hydrogens is 330 g/mol. The molecule has 0 spiro atoms. The summed E-state index contributed by atoms with van der Waals surface area (Å²) in [4.78, 5) is 32.1. The Morgan fingerprint density at radius 1 is 1.23 bits per heavy atom. The summed E-state index contributed by atoms with van der Waals surface area (Å²) in [6, 6.07) is 4.11. The van der Waals surface area contributed by atoms with Crippen LogP contribution in [0, 0.1) is 0 Å². The van der Waals surface area contributed by atoms with Gasteiger partial charge in [-0.15, -0.1) is 0 Å². The average Bonchev–Trinajstić information content (AvgIpc) is 3.25. The van der Waals surface area contributed by atoms with E-state index in [9.17, 15) is 9.59 Å². The van der Waals surface area contributed by atoms with Crippen molar-refractivity contribution in [2.24, 2.45) is 0 Å². The SMILES string of the molecule is CC(C)(C)OC(=O)N(c1ccc([C@@H]2CCCN2C=O)cn1)C1CCCC1. The molecule has 0 bridgehead atoms. The number of carbonyl (C=O) groups excluding carboxylic acids is 2. The van der Waals surface area contributed by atoms with Gasteiger partial charge in [-0.2, -0.15) is 0 Å². The Bertz CT molecular complexity index is 633. The zero-order chi connectivity index (χ0) is 18.7. The fourth-order valence-corrected chi connectivity index (χ4v) is 3.91. The molecule has 0 N–H and O–H groups in total. The first kappa shape index (κ1) is 18.7.